The van der Waals surface area contributed by atoms with Gasteiger partial charge in [-0.25, -0.2) is 4.39 Å². The molecule has 0 bridgehead atoms. The Balaban J connectivity index is 1.86. The predicted molar refractivity (Wildman–Crippen MR) is 68.0 cm³/mol. The van der Waals surface area contributed by atoms with E-state index in [9.17, 15) is 4.39 Å². The number of rotatable bonds is 5. The molecule has 1 atom stereocenters. The van der Waals surface area contributed by atoms with E-state index in [4.69, 9.17) is 0 Å². The lowest BCUT2D eigenvalue weighted by atomic mass is 10.0. The fraction of sp³-hybridized carbons (Fsp3) is 0.538. The lowest BCUT2D eigenvalue weighted by Crippen LogP contribution is -2.24. The van der Waals surface area contributed by atoms with E-state index >= 15 is 0 Å². The van der Waals surface area contributed by atoms with Gasteiger partial charge in [-0.1, -0.05) is 28.9 Å². The first-order valence-corrected chi connectivity index (χ1v) is 6.62. The molecule has 1 aromatic carbocycles. The summed E-state index contributed by atoms with van der Waals surface area (Å²) in [5, 5.41) is 3.52. The van der Waals surface area contributed by atoms with Crippen molar-refractivity contribution in [1.82, 2.24) is 5.32 Å². The first kappa shape index (κ1) is 12.1. The highest BCUT2D eigenvalue weighted by atomic mass is 79.9. The summed E-state index contributed by atoms with van der Waals surface area (Å²) in [5.74, 6) is 0.404. The smallest absolute Gasteiger partial charge is 0.124 e. The van der Waals surface area contributed by atoms with Crippen molar-refractivity contribution in [3.05, 3.63) is 34.1 Å². The van der Waals surface area contributed by atoms with E-state index in [1.807, 2.05) is 6.07 Å². The summed E-state index contributed by atoms with van der Waals surface area (Å²) < 4.78 is 13.8. The van der Waals surface area contributed by atoms with E-state index in [0.717, 1.165) is 23.5 Å². The Hall–Kier alpha value is -0.410. The van der Waals surface area contributed by atoms with Crippen LogP contribution in [0.15, 0.2) is 22.7 Å². The molecule has 1 fully saturated rings. The van der Waals surface area contributed by atoms with Gasteiger partial charge in [-0.05, 0) is 49.4 Å². The quantitative estimate of drug-likeness (QED) is 0.873. The van der Waals surface area contributed by atoms with Crippen LogP contribution in [-0.2, 0) is 6.42 Å². The van der Waals surface area contributed by atoms with Crippen LogP contribution >= 0.6 is 15.9 Å². The summed E-state index contributed by atoms with van der Waals surface area (Å²) >= 11 is 3.41. The summed E-state index contributed by atoms with van der Waals surface area (Å²) in [4.78, 5) is 0. The molecule has 1 aromatic rings. The fourth-order valence-electron chi connectivity index (χ4n) is 1.79. The van der Waals surface area contributed by atoms with Crippen molar-refractivity contribution in [1.29, 1.82) is 0 Å². The largest absolute Gasteiger partial charge is 0.314 e. The predicted octanol–water partition coefficient (Wildman–Crippen LogP) is 3.52. The van der Waals surface area contributed by atoms with Crippen molar-refractivity contribution < 1.29 is 4.39 Å². The van der Waals surface area contributed by atoms with Gasteiger partial charge in [0.05, 0.1) is 0 Å². The molecule has 1 aliphatic carbocycles. The van der Waals surface area contributed by atoms with Crippen LogP contribution in [0.3, 0.4) is 0 Å². The summed E-state index contributed by atoms with van der Waals surface area (Å²) in [6.07, 6.45) is 3.64. The van der Waals surface area contributed by atoms with Crippen molar-refractivity contribution in [2.75, 3.05) is 6.54 Å². The molecule has 88 valence electrons. The first-order chi connectivity index (χ1) is 7.65. The summed E-state index contributed by atoms with van der Waals surface area (Å²) in [6, 6.07) is 5.70. The van der Waals surface area contributed by atoms with Crippen LogP contribution in [-0.4, -0.2) is 12.6 Å². The van der Waals surface area contributed by atoms with Crippen molar-refractivity contribution in [3.63, 3.8) is 0 Å². The molecule has 0 saturated heterocycles. The van der Waals surface area contributed by atoms with Gasteiger partial charge >= 0.3 is 0 Å². The van der Waals surface area contributed by atoms with Gasteiger partial charge in [0.25, 0.3) is 0 Å². The second kappa shape index (κ2) is 5.28. The maximum absolute atomic E-state index is 12.9. The normalized spacial score (nSPS) is 17.4. The van der Waals surface area contributed by atoms with Crippen LogP contribution < -0.4 is 5.32 Å². The molecule has 1 aliphatic rings. The average molecular weight is 286 g/mol. The van der Waals surface area contributed by atoms with Gasteiger partial charge in [-0.15, -0.1) is 0 Å². The molecule has 0 radical (unpaired) electrons. The Morgan fingerprint density at radius 1 is 1.50 bits per heavy atom. The maximum atomic E-state index is 12.9. The first-order valence-electron chi connectivity index (χ1n) is 5.82. The summed E-state index contributed by atoms with van der Waals surface area (Å²) in [7, 11) is 0. The molecule has 0 aromatic heterocycles. The van der Waals surface area contributed by atoms with Gasteiger partial charge in [-0.2, -0.15) is 0 Å². The average Bonchev–Trinajstić information content (AvgIpc) is 3.03. The summed E-state index contributed by atoms with van der Waals surface area (Å²) in [5.41, 5.74) is 1.19. The topological polar surface area (TPSA) is 12.0 Å². The van der Waals surface area contributed by atoms with Gasteiger partial charge in [-0.3, -0.25) is 0 Å². The zero-order valence-electron chi connectivity index (χ0n) is 9.47. The molecule has 0 spiro atoms. The molecule has 3 heteroatoms. The molecule has 0 amide bonds. The van der Waals surface area contributed by atoms with E-state index in [1.165, 1.54) is 30.5 Å². The number of halogens is 2. The van der Waals surface area contributed by atoms with Crippen molar-refractivity contribution in [2.24, 2.45) is 5.92 Å². The Kier molecular flexibility index (Phi) is 3.98. The van der Waals surface area contributed by atoms with E-state index in [2.05, 4.69) is 28.2 Å². The second-order valence-electron chi connectivity index (χ2n) is 4.73. The van der Waals surface area contributed by atoms with Crippen molar-refractivity contribution in [2.45, 2.75) is 32.2 Å². The minimum atomic E-state index is -0.181. The minimum Gasteiger partial charge on any atom is -0.314 e. The van der Waals surface area contributed by atoms with Gasteiger partial charge in [0, 0.05) is 10.5 Å². The fourth-order valence-corrected chi connectivity index (χ4v) is 2.30. The Morgan fingerprint density at radius 3 is 2.88 bits per heavy atom. The zero-order chi connectivity index (χ0) is 11.5. The number of hydrogen-bond donors (Lipinski definition) is 1. The van der Waals surface area contributed by atoms with Crippen LogP contribution in [0.2, 0.25) is 0 Å². The monoisotopic (exact) mass is 285 g/mol. The van der Waals surface area contributed by atoms with E-state index in [0.29, 0.717) is 5.92 Å². The van der Waals surface area contributed by atoms with Crippen LogP contribution in [0, 0.1) is 11.7 Å². The molecule has 1 nitrogen and oxygen atoms in total. The molecule has 16 heavy (non-hydrogen) atoms. The molecule has 0 heterocycles. The van der Waals surface area contributed by atoms with Crippen LogP contribution in [0.4, 0.5) is 4.39 Å². The van der Waals surface area contributed by atoms with E-state index in [-0.39, 0.29) is 5.82 Å². The van der Waals surface area contributed by atoms with Gasteiger partial charge in [0.1, 0.15) is 5.82 Å². The van der Waals surface area contributed by atoms with Crippen LogP contribution in [0.5, 0.6) is 0 Å². The van der Waals surface area contributed by atoms with Gasteiger partial charge in [0.15, 0.2) is 0 Å². The third kappa shape index (κ3) is 3.56. The number of nitrogens with one attached hydrogen (secondary N) is 1. The summed E-state index contributed by atoms with van der Waals surface area (Å²) in [6.45, 7) is 3.28. The molecule has 2 rings (SSSR count). The highest BCUT2D eigenvalue weighted by Crippen LogP contribution is 2.22. The molecule has 1 N–H and O–H groups in total. The van der Waals surface area contributed by atoms with Gasteiger partial charge in [0.2, 0.25) is 0 Å². The molecular weight excluding hydrogens is 269 g/mol. The minimum absolute atomic E-state index is 0.181. The van der Waals surface area contributed by atoms with Gasteiger partial charge < -0.3 is 5.32 Å². The Morgan fingerprint density at radius 2 is 2.25 bits per heavy atom. The second-order valence-corrected chi connectivity index (χ2v) is 5.58. The van der Waals surface area contributed by atoms with Crippen LogP contribution in [0.1, 0.15) is 25.3 Å². The third-order valence-electron chi connectivity index (χ3n) is 2.92. The SMILES string of the molecule is CC(CNC1CC1)Cc1ccc(F)cc1Br. The highest BCUT2D eigenvalue weighted by molar-refractivity contribution is 9.10. The Labute approximate surface area is 105 Å². The molecule has 1 unspecified atom stereocenters. The standard InChI is InChI=1S/C13H17BrFN/c1-9(8-16-12-4-5-12)6-10-2-3-11(15)7-13(10)14/h2-3,7,9,12,16H,4-6,8H2,1H3. The van der Waals surface area contributed by atoms with E-state index < -0.39 is 0 Å². The number of benzene rings is 1. The lowest BCUT2D eigenvalue weighted by molar-refractivity contribution is 0.508. The zero-order valence-corrected chi connectivity index (χ0v) is 11.1. The number of hydrogen-bond acceptors (Lipinski definition) is 1. The molecule has 0 aliphatic heterocycles. The maximum Gasteiger partial charge on any atom is 0.124 e. The third-order valence-corrected chi connectivity index (χ3v) is 3.65. The molecular formula is C13H17BrFN. The lowest BCUT2D eigenvalue weighted by Gasteiger charge is -2.13. The highest BCUT2D eigenvalue weighted by Gasteiger charge is 2.20. The Bertz CT molecular complexity index is 363. The van der Waals surface area contributed by atoms with Crippen molar-refractivity contribution in [3.8, 4) is 0 Å². The van der Waals surface area contributed by atoms with Crippen molar-refractivity contribution >= 4 is 15.9 Å². The van der Waals surface area contributed by atoms with E-state index in [1.54, 1.807) is 0 Å². The van der Waals surface area contributed by atoms with Crippen LogP contribution in [0.25, 0.3) is 0 Å². The molecule has 1 saturated carbocycles.